The van der Waals surface area contributed by atoms with Gasteiger partial charge in [0, 0.05) is 32.4 Å². The van der Waals surface area contributed by atoms with Crippen LogP contribution in [-0.4, -0.2) is 58.3 Å². The molecule has 23 heavy (non-hydrogen) atoms. The maximum Gasteiger partial charge on any atom is 0.268 e. The van der Waals surface area contributed by atoms with E-state index in [-0.39, 0.29) is 0 Å². The molecule has 3 N–H and O–H groups in total. The number of nitrogens with zero attached hydrogens (tertiary/aromatic N) is 3. The third-order valence-corrected chi connectivity index (χ3v) is 3.98. The molecule has 0 bridgehead atoms. The van der Waals surface area contributed by atoms with E-state index in [2.05, 4.69) is 9.88 Å². The molecule has 122 valence electrons. The summed E-state index contributed by atoms with van der Waals surface area (Å²) in [5.41, 5.74) is 4.58. The van der Waals surface area contributed by atoms with Crippen molar-refractivity contribution in [2.24, 2.45) is 5.73 Å². The molecule has 0 unspecified atom stereocenters. The number of carbonyl (C=O) groups is 1. The normalized spacial score (nSPS) is 15.8. The van der Waals surface area contributed by atoms with Crippen LogP contribution in [0.15, 0.2) is 23.1 Å². The standard InChI is InChI=1S/C15H18N4O4/c16-13(21)11-12(20)10-2-1-3-17-14(10)19(15(11)22)5-4-18-6-8-23-9-7-18/h1-3,20H,4-9H2,(H2,16,21). The predicted molar refractivity (Wildman–Crippen MR) is 83.4 cm³/mol. The van der Waals surface area contributed by atoms with Gasteiger partial charge >= 0.3 is 0 Å². The van der Waals surface area contributed by atoms with Crippen LogP contribution < -0.4 is 11.3 Å². The summed E-state index contributed by atoms with van der Waals surface area (Å²) in [5.74, 6) is -1.36. The van der Waals surface area contributed by atoms with Crippen molar-refractivity contribution in [3.63, 3.8) is 0 Å². The fourth-order valence-corrected chi connectivity index (χ4v) is 2.76. The molecular formula is C15H18N4O4. The van der Waals surface area contributed by atoms with Gasteiger partial charge in [-0.15, -0.1) is 0 Å². The Balaban J connectivity index is 2.04. The SMILES string of the molecule is NC(=O)c1c(O)c2cccnc2n(CCN2CCOCC2)c1=O. The van der Waals surface area contributed by atoms with Crippen molar-refractivity contribution in [2.45, 2.75) is 6.54 Å². The molecule has 8 heteroatoms. The first-order chi connectivity index (χ1) is 11.1. The Hall–Kier alpha value is -2.45. The van der Waals surface area contributed by atoms with Crippen LogP contribution in [0.4, 0.5) is 0 Å². The van der Waals surface area contributed by atoms with Crippen molar-refractivity contribution < 1.29 is 14.6 Å². The second-order valence-corrected chi connectivity index (χ2v) is 5.37. The monoisotopic (exact) mass is 318 g/mol. The van der Waals surface area contributed by atoms with Gasteiger partial charge in [0.2, 0.25) is 0 Å². The zero-order valence-electron chi connectivity index (χ0n) is 12.6. The number of aromatic nitrogens is 2. The van der Waals surface area contributed by atoms with Crippen molar-refractivity contribution in [2.75, 3.05) is 32.8 Å². The molecule has 0 aliphatic carbocycles. The van der Waals surface area contributed by atoms with E-state index >= 15 is 0 Å². The van der Waals surface area contributed by atoms with Crippen molar-refractivity contribution in [3.05, 3.63) is 34.2 Å². The van der Waals surface area contributed by atoms with Crippen LogP contribution in [0.3, 0.4) is 0 Å². The van der Waals surface area contributed by atoms with Crippen LogP contribution in [-0.2, 0) is 11.3 Å². The Bertz CT molecular complexity index is 796. The Labute approximate surface area is 132 Å². The van der Waals surface area contributed by atoms with Crippen molar-refractivity contribution in [1.82, 2.24) is 14.5 Å². The molecule has 8 nitrogen and oxygen atoms in total. The van der Waals surface area contributed by atoms with Gasteiger partial charge in [0.25, 0.3) is 11.5 Å². The summed E-state index contributed by atoms with van der Waals surface area (Å²) in [6.07, 6.45) is 1.54. The van der Waals surface area contributed by atoms with Crippen LogP contribution in [0.1, 0.15) is 10.4 Å². The molecule has 0 spiro atoms. The highest BCUT2D eigenvalue weighted by Crippen LogP contribution is 2.24. The Morgan fingerprint density at radius 3 is 2.78 bits per heavy atom. The summed E-state index contributed by atoms with van der Waals surface area (Å²) >= 11 is 0. The van der Waals surface area contributed by atoms with Crippen molar-refractivity contribution in [3.8, 4) is 5.75 Å². The minimum Gasteiger partial charge on any atom is -0.506 e. The molecule has 0 radical (unpaired) electrons. The summed E-state index contributed by atoms with van der Waals surface area (Å²) in [7, 11) is 0. The van der Waals surface area contributed by atoms with E-state index in [1.807, 2.05) is 0 Å². The highest BCUT2D eigenvalue weighted by molar-refractivity contribution is 6.00. The summed E-state index contributed by atoms with van der Waals surface area (Å²) in [4.78, 5) is 30.4. The minimum absolute atomic E-state index is 0.336. The average molecular weight is 318 g/mol. The Morgan fingerprint density at radius 2 is 2.09 bits per heavy atom. The van der Waals surface area contributed by atoms with Gasteiger partial charge in [-0.3, -0.25) is 19.1 Å². The fraction of sp³-hybridized carbons (Fsp3) is 0.400. The summed E-state index contributed by atoms with van der Waals surface area (Å²) < 4.78 is 6.69. The molecule has 1 fully saturated rings. The number of ether oxygens (including phenoxy) is 1. The zero-order chi connectivity index (χ0) is 16.4. The first-order valence-electron chi connectivity index (χ1n) is 7.40. The Morgan fingerprint density at radius 1 is 1.35 bits per heavy atom. The fourth-order valence-electron chi connectivity index (χ4n) is 2.76. The van der Waals surface area contributed by atoms with Crippen LogP contribution in [0.2, 0.25) is 0 Å². The lowest BCUT2D eigenvalue weighted by Gasteiger charge is -2.27. The summed E-state index contributed by atoms with van der Waals surface area (Å²) in [5, 5.41) is 10.5. The van der Waals surface area contributed by atoms with Crippen molar-refractivity contribution >= 4 is 16.9 Å². The van der Waals surface area contributed by atoms with E-state index in [9.17, 15) is 14.7 Å². The number of hydrogen-bond acceptors (Lipinski definition) is 6. The second-order valence-electron chi connectivity index (χ2n) is 5.37. The van der Waals surface area contributed by atoms with Crippen LogP contribution in [0.5, 0.6) is 5.75 Å². The lowest BCUT2D eigenvalue weighted by Crippen LogP contribution is -2.40. The molecule has 0 saturated carbocycles. The number of primary amides is 1. The van der Waals surface area contributed by atoms with E-state index in [1.54, 1.807) is 12.1 Å². The van der Waals surface area contributed by atoms with Crippen LogP contribution in [0, 0.1) is 0 Å². The number of morpholine rings is 1. The van der Waals surface area contributed by atoms with Gasteiger partial charge in [0.15, 0.2) is 0 Å². The summed E-state index contributed by atoms with van der Waals surface area (Å²) in [6.45, 7) is 3.89. The first-order valence-corrected chi connectivity index (χ1v) is 7.40. The summed E-state index contributed by atoms with van der Waals surface area (Å²) in [6, 6.07) is 3.23. The maximum atomic E-state index is 12.5. The molecule has 2 aromatic rings. The number of nitrogens with two attached hydrogens (primary N) is 1. The molecule has 3 rings (SSSR count). The number of fused-ring (bicyclic) bond motifs is 1. The van der Waals surface area contributed by atoms with Crippen LogP contribution in [0.25, 0.3) is 11.0 Å². The lowest BCUT2D eigenvalue weighted by atomic mass is 10.1. The van der Waals surface area contributed by atoms with Crippen molar-refractivity contribution in [1.29, 1.82) is 0 Å². The van der Waals surface area contributed by atoms with Gasteiger partial charge in [0.1, 0.15) is 17.0 Å². The number of rotatable bonds is 4. The molecule has 1 amide bonds. The third kappa shape index (κ3) is 2.90. The van der Waals surface area contributed by atoms with E-state index in [4.69, 9.17) is 10.5 Å². The van der Waals surface area contributed by atoms with Gasteiger partial charge in [-0.2, -0.15) is 0 Å². The molecule has 2 aromatic heterocycles. The third-order valence-electron chi connectivity index (χ3n) is 3.98. The smallest absolute Gasteiger partial charge is 0.268 e. The maximum absolute atomic E-state index is 12.5. The van der Waals surface area contributed by atoms with Gasteiger partial charge in [0.05, 0.1) is 18.6 Å². The highest BCUT2D eigenvalue weighted by Gasteiger charge is 2.21. The lowest BCUT2D eigenvalue weighted by molar-refractivity contribution is 0.0364. The largest absolute Gasteiger partial charge is 0.506 e. The number of pyridine rings is 2. The Kier molecular flexibility index (Phi) is 4.26. The number of amides is 1. The molecule has 1 saturated heterocycles. The predicted octanol–water partition coefficient (Wildman–Crippen LogP) is -0.467. The molecular weight excluding hydrogens is 300 g/mol. The second kappa shape index (κ2) is 6.35. The first kappa shape index (κ1) is 15.4. The topological polar surface area (TPSA) is 111 Å². The van der Waals surface area contributed by atoms with Gasteiger partial charge in [-0.25, -0.2) is 4.98 Å². The quantitative estimate of drug-likeness (QED) is 0.789. The number of aromatic hydroxyl groups is 1. The zero-order valence-corrected chi connectivity index (χ0v) is 12.6. The number of hydrogen-bond donors (Lipinski definition) is 2. The van der Waals surface area contributed by atoms with Gasteiger partial charge < -0.3 is 15.6 Å². The van der Waals surface area contributed by atoms with E-state index < -0.39 is 22.8 Å². The molecule has 1 aliphatic rings. The highest BCUT2D eigenvalue weighted by atomic mass is 16.5. The minimum atomic E-state index is -0.946. The van der Waals surface area contributed by atoms with E-state index in [1.165, 1.54) is 10.8 Å². The average Bonchev–Trinajstić information content (AvgIpc) is 2.55. The van der Waals surface area contributed by atoms with E-state index in [0.29, 0.717) is 37.3 Å². The molecule has 0 aromatic carbocycles. The number of carbonyl (C=O) groups excluding carboxylic acids is 1. The molecule has 3 heterocycles. The molecule has 0 atom stereocenters. The van der Waals surface area contributed by atoms with Crippen LogP contribution >= 0.6 is 0 Å². The van der Waals surface area contributed by atoms with Gasteiger partial charge in [-0.1, -0.05) is 0 Å². The molecule has 1 aliphatic heterocycles. The van der Waals surface area contributed by atoms with E-state index in [0.717, 1.165) is 13.1 Å². The van der Waals surface area contributed by atoms with Gasteiger partial charge in [-0.05, 0) is 12.1 Å².